The van der Waals surface area contributed by atoms with Gasteiger partial charge < -0.3 is 9.69 Å². The standard InChI is InChI=1S/C9H9BrFNO/c1-12(4-5-13)7-2-3-8(10)9(11)6-7/h2-3,5-6H,4H2,1H3. The van der Waals surface area contributed by atoms with Crippen LogP contribution in [0.15, 0.2) is 22.7 Å². The van der Waals surface area contributed by atoms with Crippen LogP contribution in [0.4, 0.5) is 10.1 Å². The van der Waals surface area contributed by atoms with Crippen LogP contribution in [0, 0.1) is 5.82 Å². The summed E-state index contributed by atoms with van der Waals surface area (Å²) >= 11 is 3.05. The molecule has 0 aliphatic rings. The molecule has 13 heavy (non-hydrogen) atoms. The minimum atomic E-state index is -0.324. The summed E-state index contributed by atoms with van der Waals surface area (Å²) in [5.74, 6) is -0.324. The van der Waals surface area contributed by atoms with Crippen molar-refractivity contribution in [2.75, 3.05) is 18.5 Å². The molecule has 0 fully saturated rings. The largest absolute Gasteiger partial charge is 0.367 e. The highest BCUT2D eigenvalue weighted by Gasteiger charge is 2.03. The molecule has 2 nitrogen and oxygen atoms in total. The average Bonchev–Trinajstić information content (AvgIpc) is 2.10. The van der Waals surface area contributed by atoms with E-state index in [0.29, 0.717) is 10.2 Å². The molecule has 1 rings (SSSR count). The molecule has 0 spiro atoms. The topological polar surface area (TPSA) is 20.3 Å². The lowest BCUT2D eigenvalue weighted by molar-refractivity contribution is -0.106. The quantitative estimate of drug-likeness (QED) is 0.762. The van der Waals surface area contributed by atoms with Crippen molar-refractivity contribution in [3.05, 3.63) is 28.5 Å². The second kappa shape index (κ2) is 4.37. The van der Waals surface area contributed by atoms with E-state index >= 15 is 0 Å². The molecule has 0 radical (unpaired) electrons. The third kappa shape index (κ3) is 2.52. The van der Waals surface area contributed by atoms with Crippen LogP contribution >= 0.6 is 15.9 Å². The van der Waals surface area contributed by atoms with Crippen LogP contribution in [0.5, 0.6) is 0 Å². The summed E-state index contributed by atoms with van der Waals surface area (Å²) < 4.78 is 13.4. The van der Waals surface area contributed by atoms with Crippen LogP contribution in [0.2, 0.25) is 0 Å². The molecular weight excluding hydrogens is 237 g/mol. The molecule has 0 bridgehead atoms. The van der Waals surface area contributed by atoms with Crippen LogP contribution in [-0.4, -0.2) is 19.9 Å². The van der Waals surface area contributed by atoms with E-state index in [1.807, 2.05) is 0 Å². The molecule has 0 heterocycles. The number of anilines is 1. The van der Waals surface area contributed by atoms with Gasteiger partial charge in [0.25, 0.3) is 0 Å². The molecule has 0 aliphatic heterocycles. The van der Waals surface area contributed by atoms with Gasteiger partial charge in [0.05, 0.1) is 11.0 Å². The summed E-state index contributed by atoms with van der Waals surface area (Å²) in [5.41, 5.74) is 0.688. The SMILES string of the molecule is CN(CC=O)c1ccc(Br)c(F)c1. The van der Waals surface area contributed by atoms with Gasteiger partial charge in [0.15, 0.2) is 0 Å². The number of aldehydes is 1. The summed E-state index contributed by atoms with van der Waals surface area (Å²) in [6, 6.07) is 4.75. The minimum absolute atomic E-state index is 0.265. The minimum Gasteiger partial charge on any atom is -0.367 e. The maximum absolute atomic E-state index is 13.0. The molecule has 0 aliphatic carbocycles. The van der Waals surface area contributed by atoms with Crippen molar-refractivity contribution in [3.63, 3.8) is 0 Å². The summed E-state index contributed by atoms with van der Waals surface area (Å²) in [7, 11) is 1.73. The molecule has 1 aromatic rings. The number of benzene rings is 1. The van der Waals surface area contributed by atoms with Crippen LogP contribution in [-0.2, 0) is 4.79 Å². The number of rotatable bonds is 3. The molecule has 0 unspecified atom stereocenters. The van der Waals surface area contributed by atoms with Crippen molar-refractivity contribution in [1.29, 1.82) is 0 Å². The van der Waals surface area contributed by atoms with E-state index in [1.54, 1.807) is 24.1 Å². The molecule has 4 heteroatoms. The maximum atomic E-state index is 13.0. The Kier molecular flexibility index (Phi) is 3.42. The summed E-state index contributed by atoms with van der Waals surface area (Å²) in [6.07, 6.45) is 0.778. The second-order valence-electron chi connectivity index (χ2n) is 2.65. The normalized spacial score (nSPS) is 9.77. The highest BCUT2D eigenvalue weighted by molar-refractivity contribution is 9.10. The first-order chi connectivity index (χ1) is 6.15. The first-order valence-corrected chi connectivity index (χ1v) is 4.54. The van der Waals surface area contributed by atoms with Crippen LogP contribution in [0.25, 0.3) is 0 Å². The van der Waals surface area contributed by atoms with E-state index in [9.17, 15) is 9.18 Å². The van der Waals surface area contributed by atoms with Gasteiger partial charge in [-0.15, -0.1) is 0 Å². The zero-order valence-electron chi connectivity index (χ0n) is 7.13. The third-order valence-electron chi connectivity index (χ3n) is 1.69. The van der Waals surface area contributed by atoms with Gasteiger partial charge in [-0.1, -0.05) is 0 Å². The second-order valence-corrected chi connectivity index (χ2v) is 3.50. The van der Waals surface area contributed by atoms with Gasteiger partial charge in [0.2, 0.25) is 0 Å². The number of hydrogen-bond donors (Lipinski definition) is 0. The smallest absolute Gasteiger partial charge is 0.139 e. The Balaban J connectivity index is 2.89. The Morgan fingerprint density at radius 1 is 1.62 bits per heavy atom. The fourth-order valence-corrected chi connectivity index (χ4v) is 1.19. The van der Waals surface area contributed by atoms with E-state index < -0.39 is 0 Å². The molecule has 0 aromatic heterocycles. The zero-order chi connectivity index (χ0) is 9.84. The molecule has 0 saturated heterocycles. The lowest BCUT2D eigenvalue weighted by Gasteiger charge is -2.15. The monoisotopic (exact) mass is 245 g/mol. The van der Waals surface area contributed by atoms with Gasteiger partial charge in [-0.2, -0.15) is 0 Å². The van der Waals surface area contributed by atoms with Gasteiger partial charge in [-0.3, -0.25) is 0 Å². The lowest BCUT2D eigenvalue weighted by atomic mass is 10.3. The predicted molar refractivity (Wildman–Crippen MR) is 53.4 cm³/mol. The number of carbonyl (C=O) groups is 1. The average molecular weight is 246 g/mol. The Morgan fingerprint density at radius 2 is 2.31 bits per heavy atom. The fourth-order valence-electron chi connectivity index (χ4n) is 0.940. The summed E-state index contributed by atoms with van der Waals surface area (Å²) in [6.45, 7) is 0.265. The highest BCUT2D eigenvalue weighted by atomic mass is 79.9. The zero-order valence-corrected chi connectivity index (χ0v) is 8.71. The molecular formula is C9H9BrFNO. The van der Waals surface area contributed by atoms with Crippen molar-refractivity contribution in [1.82, 2.24) is 0 Å². The molecule has 0 atom stereocenters. The number of halogens is 2. The first-order valence-electron chi connectivity index (χ1n) is 3.75. The number of nitrogens with zero attached hydrogens (tertiary/aromatic N) is 1. The number of hydrogen-bond acceptors (Lipinski definition) is 2. The highest BCUT2D eigenvalue weighted by Crippen LogP contribution is 2.21. The number of carbonyl (C=O) groups excluding carboxylic acids is 1. The van der Waals surface area contributed by atoms with Crippen molar-refractivity contribution >= 4 is 27.9 Å². The van der Waals surface area contributed by atoms with Gasteiger partial charge in [-0.25, -0.2) is 4.39 Å². The van der Waals surface area contributed by atoms with Gasteiger partial charge >= 0.3 is 0 Å². The predicted octanol–water partition coefficient (Wildman–Crippen LogP) is 2.22. The van der Waals surface area contributed by atoms with E-state index in [1.165, 1.54) is 6.07 Å². The van der Waals surface area contributed by atoms with E-state index in [-0.39, 0.29) is 12.4 Å². The van der Waals surface area contributed by atoms with Crippen molar-refractivity contribution < 1.29 is 9.18 Å². The van der Waals surface area contributed by atoms with Crippen molar-refractivity contribution in [2.45, 2.75) is 0 Å². The van der Waals surface area contributed by atoms with E-state index in [0.717, 1.165) is 6.29 Å². The molecule has 0 saturated carbocycles. The Hall–Kier alpha value is -0.900. The molecule has 70 valence electrons. The fraction of sp³-hybridized carbons (Fsp3) is 0.222. The summed E-state index contributed by atoms with van der Waals surface area (Å²) in [4.78, 5) is 11.9. The van der Waals surface area contributed by atoms with Gasteiger partial charge in [-0.05, 0) is 34.1 Å². The Labute approximate surface area is 84.5 Å². The van der Waals surface area contributed by atoms with Crippen LogP contribution in [0.3, 0.4) is 0 Å². The van der Waals surface area contributed by atoms with Gasteiger partial charge in [0.1, 0.15) is 12.1 Å². The van der Waals surface area contributed by atoms with Crippen molar-refractivity contribution in [2.24, 2.45) is 0 Å². The van der Waals surface area contributed by atoms with E-state index in [2.05, 4.69) is 15.9 Å². The lowest BCUT2D eigenvalue weighted by Crippen LogP contribution is -2.19. The summed E-state index contributed by atoms with van der Waals surface area (Å²) in [5, 5.41) is 0. The Bertz CT molecular complexity index is 316. The molecule has 0 N–H and O–H groups in total. The first kappa shape index (κ1) is 10.2. The Morgan fingerprint density at radius 3 is 2.85 bits per heavy atom. The van der Waals surface area contributed by atoms with Gasteiger partial charge in [0, 0.05) is 12.7 Å². The number of likely N-dealkylation sites (N-methyl/N-ethyl adjacent to an activating group) is 1. The molecule has 1 aromatic carbocycles. The maximum Gasteiger partial charge on any atom is 0.139 e. The third-order valence-corrected chi connectivity index (χ3v) is 2.34. The van der Waals surface area contributed by atoms with Crippen LogP contribution in [0.1, 0.15) is 0 Å². The van der Waals surface area contributed by atoms with Crippen molar-refractivity contribution in [3.8, 4) is 0 Å². The van der Waals surface area contributed by atoms with E-state index in [4.69, 9.17) is 0 Å². The molecule has 0 amide bonds. The van der Waals surface area contributed by atoms with Crippen LogP contribution < -0.4 is 4.90 Å².